The minimum absolute atomic E-state index is 0.114. The first-order valence-corrected chi connectivity index (χ1v) is 10.8. The van der Waals surface area contributed by atoms with Crippen molar-refractivity contribution in [2.24, 2.45) is 5.92 Å². The van der Waals surface area contributed by atoms with Gasteiger partial charge in [0.25, 0.3) is 0 Å². The lowest BCUT2D eigenvalue weighted by atomic mass is 9.86. The predicted octanol–water partition coefficient (Wildman–Crippen LogP) is 5.34. The number of aliphatic carboxylic acids is 1. The zero-order chi connectivity index (χ0) is 23.6. The Labute approximate surface area is 194 Å². The van der Waals surface area contributed by atoms with E-state index in [0.29, 0.717) is 12.1 Å². The molecule has 0 saturated heterocycles. The van der Waals surface area contributed by atoms with Gasteiger partial charge in [-0.15, -0.1) is 5.92 Å². The molecule has 0 amide bonds. The van der Waals surface area contributed by atoms with Gasteiger partial charge in [0.1, 0.15) is 0 Å². The monoisotopic (exact) mass is 441 g/mol. The summed E-state index contributed by atoms with van der Waals surface area (Å²) in [5.41, 5.74) is 5.01. The number of hydrogen-bond donors (Lipinski definition) is 2. The zero-order valence-corrected chi connectivity index (χ0v) is 18.7. The van der Waals surface area contributed by atoms with Gasteiger partial charge in [0.05, 0.1) is 12.5 Å². The molecule has 0 aliphatic carbocycles. The van der Waals surface area contributed by atoms with Crippen LogP contribution in [0.2, 0.25) is 0 Å². The van der Waals surface area contributed by atoms with Gasteiger partial charge in [0.2, 0.25) is 0 Å². The number of anilines is 1. The maximum Gasteiger partial charge on any atom is 0.321 e. The molecule has 0 aliphatic heterocycles. The van der Waals surface area contributed by atoms with Crippen molar-refractivity contribution in [1.82, 2.24) is 0 Å². The Hall–Kier alpha value is -4.04. The van der Waals surface area contributed by atoms with Crippen LogP contribution in [-0.4, -0.2) is 23.7 Å². The first kappa shape index (κ1) is 23.6. The van der Waals surface area contributed by atoms with Crippen LogP contribution in [-0.2, 0) is 20.9 Å². The molecule has 3 aromatic carbocycles. The third kappa shape index (κ3) is 6.24. The van der Waals surface area contributed by atoms with E-state index < -0.39 is 23.8 Å². The zero-order valence-electron chi connectivity index (χ0n) is 18.7. The molecular weight excluding hydrogens is 414 g/mol. The van der Waals surface area contributed by atoms with E-state index in [2.05, 4.69) is 47.5 Å². The van der Waals surface area contributed by atoms with E-state index >= 15 is 0 Å². The van der Waals surface area contributed by atoms with Crippen molar-refractivity contribution in [3.8, 4) is 23.0 Å². The van der Waals surface area contributed by atoms with Crippen molar-refractivity contribution in [1.29, 1.82) is 0 Å². The van der Waals surface area contributed by atoms with Gasteiger partial charge >= 0.3 is 11.9 Å². The van der Waals surface area contributed by atoms with Gasteiger partial charge in [0, 0.05) is 12.2 Å². The molecule has 0 aromatic heterocycles. The Morgan fingerprint density at radius 1 is 0.970 bits per heavy atom. The van der Waals surface area contributed by atoms with E-state index in [0.717, 1.165) is 16.8 Å². The van der Waals surface area contributed by atoms with Crippen LogP contribution in [0.25, 0.3) is 11.1 Å². The van der Waals surface area contributed by atoms with Crippen LogP contribution < -0.4 is 5.32 Å². The number of rotatable bonds is 9. The smallest absolute Gasteiger partial charge is 0.321 e. The van der Waals surface area contributed by atoms with E-state index in [1.54, 1.807) is 26.0 Å². The summed E-state index contributed by atoms with van der Waals surface area (Å²) in [5.74, 6) is 1.41. The van der Waals surface area contributed by atoms with Crippen molar-refractivity contribution in [3.63, 3.8) is 0 Å². The van der Waals surface area contributed by atoms with Crippen LogP contribution in [0.5, 0.6) is 0 Å². The molecule has 5 heteroatoms. The van der Waals surface area contributed by atoms with Crippen LogP contribution in [0.3, 0.4) is 0 Å². The molecule has 0 fully saturated rings. The molecule has 2 unspecified atom stereocenters. The fraction of sp³-hybridized carbons (Fsp3) is 0.214. The molecular formula is C28H27NO4. The van der Waals surface area contributed by atoms with Crippen LogP contribution in [0.15, 0.2) is 78.9 Å². The van der Waals surface area contributed by atoms with Gasteiger partial charge in [-0.05, 0) is 54.3 Å². The third-order valence-corrected chi connectivity index (χ3v) is 5.24. The minimum Gasteiger partial charge on any atom is -0.481 e. The number of carbonyl (C=O) groups excluding carboxylic acids is 1. The minimum atomic E-state index is -1.38. The Morgan fingerprint density at radius 2 is 1.67 bits per heavy atom. The lowest BCUT2D eigenvalue weighted by Crippen LogP contribution is -2.31. The first-order chi connectivity index (χ1) is 16.0. The van der Waals surface area contributed by atoms with Gasteiger partial charge < -0.3 is 15.2 Å². The molecule has 33 heavy (non-hydrogen) atoms. The molecule has 3 rings (SSSR count). The maximum absolute atomic E-state index is 12.2. The van der Waals surface area contributed by atoms with Crippen LogP contribution in [0.4, 0.5) is 5.69 Å². The summed E-state index contributed by atoms with van der Waals surface area (Å²) in [6.07, 6.45) is 0. The number of hydrogen-bond acceptors (Lipinski definition) is 4. The van der Waals surface area contributed by atoms with E-state index in [9.17, 15) is 14.7 Å². The molecule has 0 aliphatic rings. The topological polar surface area (TPSA) is 75.6 Å². The summed E-state index contributed by atoms with van der Waals surface area (Å²) in [7, 11) is 0. The summed E-state index contributed by atoms with van der Waals surface area (Å²) in [6, 6.07) is 25.9. The number of esters is 1. The summed E-state index contributed by atoms with van der Waals surface area (Å²) in [5, 5.41) is 13.0. The van der Waals surface area contributed by atoms with Crippen LogP contribution in [0, 0.1) is 17.8 Å². The molecule has 0 saturated carbocycles. The number of benzene rings is 3. The second-order valence-corrected chi connectivity index (χ2v) is 7.48. The average Bonchev–Trinajstić information content (AvgIpc) is 2.83. The predicted molar refractivity (Wildman–Crippen MR) is 130 cm³/mol. The largest absolute Gasteiger partial charge is 0.481 e. The SMILES string of the molecule is CC#CC(c1ccc(NCc2cccc(-c3ccccc3)c2)cc1)C(C(=O)O)C(=O)OCC. The summed E-state index contributed by atoms with van der Waals surface area (Å²) in [6.45, 7) is 4.02. The number of carboxylic acid groups (broad SMARTS) is 1. The number of ether oxygens (including phenoxy) is 1. The summed E-state index contributed by atoms with van der Waals surface area (Å²) < 4.78 is 4.97. The van der Waals surface area contributed by atoms with Crippen molar-refractivity contribution in [3.05, 3.63) is 90.0 Å². The molecule has 0 spiro atoms. The van der Waals surface area contributed by atoms with Gasteiger partial charge in [0.15, 0.2) is 5.92 Å². The Balaban J connectivity index is 1.73. The lowest BCUT2D eigenvalue weighted by molar-refractivity contribution is -0.158. The standard InChI is InChI=1S/C28H27NO4/c1-3-9-25(26(27(30)31)28(32)33-4-2)22-14-16-24(17-15-22)29-19-20-10-8-13-23(18-20)21-11-6-5-7-12-21/h5-8,10-18,25-26,29H,4,19H2,1-2H3,(H,30,31). The fourth-order valence-corrected chi connectivity index (χ4v) is 3.63. The van der Waals surface area contributed by atoms with Gasteiger partial charge in [-0.3, -0.25) is 9.59 Å². The van der Waals surface area contributed by atoms with E-state index in [1.807, 2.05) is 36.4 Å². The number of carbonyl (C=O) groups is 2. The molecule has 3 aromatic rings. The lowest BCUT2D eigenvalue weighted by Gasteiger charge is -2.19. The van der Waals surface area contributed by atoms with Crippen molar-refractivity contribution in [2.45, 2.75) is 26.3 Å². The van der Waals surface area contributed by atoms with Gasteiger partial charge in [-0.2, -0.15) is 0 Å². The van der Waals surface area contributed by atoms with Gasteiger partial charge in [-0.25, -0.2) is 0 Å². The molecule has 0 bridgehead atoms. The average molecular weight is 442 g/mol. The van der Waals surface area contributed by atoms with Crippen molar-refractivity contribution < 1.29 is 19.4 Å². The van der Waals surface area contributed by atoms with Crippen LogP contribution >= 0.6 is 0 Å². The molecule has 5 nitrogen and oxygen atoms in total. The second kappa shape index (κ2) is 11.5. The third-order valence-electron chi connectivity index (χ3n) is 5.24. The van der Waals surface area contributed by atoms with E-state index in [-0.39, 0.29) is 6.61 Å². The normalized spacial score (nSPS) is 12.1. The number of carboxylic acids is 1. The molecule has 168 valence electrons. The second-order valence-electron chi connectivity index (χ2n) is 7.48. The highest BCUT2D eigenvalue weighted by molar-refractivity contribution is 5.95. The fourth-order valence-electron chi connectivity index (χ4n) is 3.63. The highest BCUT2D eigenvalue weighted by Gasteiger charge is 2.36. The Kier molecular flexibility index (Phi) is 8.26. The Bertz CT molecular complexity index is 1140. The molecule has 2 atom stereocenters. The number of nitrogens with one attached hydrogen (secondary N) is 1. The molecule has 2 N–H and O–H groups in total. The summed E-state index contributed by atoms with van der Waals surface area (Å²) >= 11 is 0. The highest BCUT2D eigenvalue weighted by Crippen LogP contribution is 2.28. The molecule has 0 heterocycles. The Morgan fingerprint density at radius 3 is 2.30 bits per heavy atom. The highest BCUT2D eigenvalue weighted by atomic mass is 16.5. The van der Waals surface area contributed by atoms with Crippen molar-refractivity contribution in [2.75, 3.05) is 11.9 Å². The maximum atomic E-state index is 12.2. The molecule has 0 radical (unpaired) electrons. The van der Waals surface area contributed by atoms with Gasteiger partial charge in [-0.1, -0.05) is 66.6 Å². The van der Waals surface area contributed by atoms with Crippen molar-refractivity contribution >= 4 is 17.6 Å². The quantitative estimate of drug-likeness (QED) is 0.266. The van der Waals surface area contributed by atoms with E-state index in [1.165, 1.54) is 5.56 Å². The van der Waals surface area contributed by atoms with Crippen LogP contribution in [0.1, 0.15) is 30.9 Å². The van der Waals surface area contributed by atoms with E-state index in [4.69, 9.17) is 4.74 Å². The summed E-state index contributed by atoms with van der Waals surface area (Å²) in [4.78, 5) is 24.0. The first-order valence-electron chi connectivity index (χ1n) is 10.8.